The third-order valence-electron chi connectivity index (χ3n) is 1.38. The fourth-order valence-corrected chi connectivity index (χ4v) is 0.801. The Hall–Kier alpha value is 1.67. The summed E-state index contributed by atoms with van der Waals surface area (Å²) in [5.74, 6) is 0. The molecular formula is C8H16Na2O. The zero-order valence-corrected chi connectivity index (χ0v) is 12.2. The van der Waals surface area contributed by atoms with Crippen molar-refractivity contribution in [2.75, 3.05) is 0 Å². The molecule has 0 amide bonds. The second-order valence-electron chi connectivity index (χ2n) is 2.31. The first-order valence-corrected chi connectivity index (χ1v) is 3.76. The van der Waals surface area contributed by atoms with Gasteiger partial charge in [-0.1, -0.05) is 39.0 Å². The topological polar surface area (TPSA) is 17.1 Å². The maximum atomic E-state index is 9.71. The maximum Gasteiger partial charge on any atom is 1.00 e. The minimum absolute atomic E-state index is 0. The van der Waals surface area contributed by atoms with Gasteiger partial charge in [0.2, 0.25) is 0 Å². The van der Waals surface area contributed by atoms with Gasteiger partial charge >= 0.3 is 59.1 Å². The maximum absolute atomic E-state index is 9.71. The molecule has 0 aromatic heterocycles. The zero-order valence-electron chi connectivity index (χ0n) is 9.15. The average Bonchev–Trinajstić information content (AvgIpc) is 1.89. The second-order valence-corrected chi connectivity index (χ2v) is 2.31. The smallest absolute Gasteiger partial charge is 1.00 e. The number of hydrogen-bond donors (Lipinski definition) is 0. The number of carbonyl (C=O) groups excluding carboxylic acids is 1. The van der Waals surface area contributed by atoms with Crippen LogP contribution >= 0.6 is 0 Å². The van der Waals surface area contributed by atoms with E-state index in [9.17, 15) is 4.79 Å². The SMILES string of the molecule is CCCCCCC[C-]=O.[H-].[Na+].[Na+]. The molecule has 3 heteroatoms. The summed E-state index contributed by atoms with van der Waals surface area (Å²) in [4.78, 5) is 9.71. The van der Waals surface area contributed by atoms with E-state index in [1.165, 1.54) is 25.7 Å². The van der Waals surface area contributed by atoms with E-state index < -0.39 is 0 Å². The van der Waals surface area contributed by atoms with E-state index in [4.69, 9.17) is 0 Å². The Morgan fingerprint density at radius 3 is 2.09 bits per heavy atom. The molecule has 1 nitrogen and oxygen atoms in total. The standard InChI is InChI=1S/C8H15O.2Na.H/c1-2-3-4-5-6-7-8-9;;;/h2-7H2,1H3;;;/q-1;2*+1;-1. The van der Waals surface area contributed by atoms with E-state index in [0.29, 0.717) is 6.42 Å². The van der Waals surface area contributed by atoms with Crippen molar-refractivity contribution >= 4 is 6.29 Å². The summed E-state index contributed by atoms with van der Waals surface area (Å²) < 4.78 is 0. The minimum Gasteiger partial charge on any atom is -1.00 e. The molecule has 0 aromatic rings. The summed E-state index contributed by atoms with van der Waals surface area (Å²) in [6, 6.07) is 0. The summed E-state index contributed by atoms with van der Waals surface area (Å²) in [6.45, 7) is 2.19. The van der Waals surface area contributed by atoms with Crippen LogP contribution in [0.15, 0.2) is 0 Å². The van der Waals surface area contributed by atoms with Gasteiger partial charge in [0.1, 0.15) is 0 Å². The molecule has 0 N–H and O–H groups in total. The molecular weight excluding hydrogens is 158 g/mol. The van der Waals surface area contributed by atoms with Crippen LogP contribution in [0.25, 0.3) is 0 Å². The van der Waals surface area contributed by atoms with Crippen LogP contribution in [0.5, 0.6) is 0 Å². The molecule has 56 valence electrons. The van der Waals surface area contributed by atoms with E-state index in [-0.39, 0.29) is 60.5 Å². The van der Waals surface area contributed by atoms with E-state index in [0.717, 1.165) is 6.42 Å². The Bertz CT molecular complexity index is 72.1. The molecule has 0 aliphatic carbocycles. The van der Waals surface area contributed by atoms with Crippen LogP contribution in [0.4, 0.5) is 0 Å². The van der Waals surface area contributed by atoms with Crippen LogP contribution in [0.1, 0.15) is 46.9 Å². The second kappa shape index (κ2) is 17.7. The quantitative estimate of drug-likeness (QED) is 0.233. The molecule has 0 bridgehead atoms. The van der Waals surface area contributed by atoms with Crippen molar-refractivity contribution in [3.8, 4) is 0 Å². The predicted molar refractivity (Wildman–Crippen MR) is 40.2 cm³/mol. The van der Waals surface area contributed by atoms with Gasteiger partial charge in [0.25, 0.3) is 0 Å². The normalized spacial score (nSPS) is 7.73. The molecule has 0 saturated carbocycles. The summed E-state index contributed by atoms with van der Waals surface area (Å²) in [5, 5.41) is 0. The third-order valence-corrected chi connectivity index (χ3v) is 1.38. The van der Waals surface area contributed by atoms with Crippen molar-refractivity contribution in [2.24, 2.45) is 0 Å². The monoisotopic (exact) mass is 174 g/mol. The van der Waals surface area contributed by atoms with Crippen molar-refractivity contribution in [3.63, 3.8) is 0 Å². The van der Waals surface area contributed by atoms with Gasteiger partial charge in [-0.25, -0.2) is 0 Å². The molecule has 0 aliphatic rings. The molecule has 0 aliphatic heterocycles. The molecule has 0 atom stereocenters. The Labute approximate surface area is 116 Å². The summed E-state index contributed by atoms with van der Waals surface area (Å²) in [7, 11) is 0. The Balaban J connectivity index is -0.000000107. The first kappa shape index (κ1) is 18.5. The van der Waals surface area contributed by atoms with Crippen LogP contribution in [-0.4, -0.2) is 6.29 Å². The van der Waals surface area contributed by atoms with Crippen LogP contribution in [0.3, 0.4) is 0 Å². The zero-order chi connectivity index (χ0) is 6.95. The molecule has 0 unspecified atom stereocenters. The summed E-state index contributed by atoms with van der Waals surface area (Å²) in [5.41, 5.74) is 0. The predicted octanol–water partition coefficient (Wildman–Crippen LogP) is -3.42. The summed E-state index contributed by atoms with van der Waals surface area (Å²) >= 11 is 0. The van der Waals surface area contributed by atoms with Crippen molar-refractivity contribution in [2.45, 2.75) is 45.4 Å². The number of rotatable bonds is 6. The van der Waals surface area contributed by atoms with Gasteiger partial charge in [-0.05, 0) is 0 Å². The molecule has 0 saturated heterocycles. The Kier molecular flexibility index (Phi) is 29.7. The van der Waals surface area contributed by atoms with Gasteiger partial charge < -0.3 is 6.22 Å². The van der Waals surface area contributed by atoms with Crippen molar-refractivity contribution in [1.29, 1.82) is 0 Å². The van der Waals surface area contributed by atoms with Gasteiger partial charge in [-0.3, -0.25) is 6.29 Å². The summed E-state index contributed by atoms with van der Waals surface area (Å²) in [6.07, 6.45) is 8.60. The van der Waals surface area contributed by atoms with Gasteiger partial charge in [0, 0.05) is 0 Å². The van der Waals surface area contributed by atoms with Crippen molar-refractivity contribution in [3.05, 3.63) is 0 Å². The van der Waals surface area contributed by atoms with Gasteiger partial charge in [-0.15, -0.1) is 0 Å². The van der Waals surface area contributed by atoms with Crippen molar-refractivity contribution < 1.29 is 65.3 Å². The number of hydrogen-bond acceptors (Lipinski definition) is 1. The first-order chi connectivity index (χ1) is 4.41. The first-order valence-electron chi connectivity index (χ1n) is 3.76. The Morgan fingerprint density at radius 2 is 1.64 bits per heavy atom. The van der Waals surface area contributed by atoms with Crippen LogP contribution < -0.4 is 59.1 Å². The molecule has 0 rings (SSSR count). The van der Waals surface area contributed by atoms with Crippen LogP contribution in [0.2, 0.25) is 0 Å². The largest absolute Gasteiger partial charge is 1.00 e. The van der Waals surface area contributed by atoms with Gasteiger partial charge in [0.15, 0.2) is 0 Å². The molecule has 0 heterocycles. The molecule has 0 spiro atoms. The van der Waals surface area contributed by atoms with Gasteiger partial charge in [-0.2, -0.15) is 6.42 Å². The Morgan fingerprint density at radius 1 is 1.09 bits per heavy atom. The third kappa shape index (κ3) is 18.5. The van der Waals surface area contributed by atoms with Crippen molar-refractivity contribution in [1.82, 2.24) is 0 Å². The van der Waals surface area contributed by atoms with Gasteiger partial charge in [0.05, 0.1) is 0 Å². The van der Waals surface area contributed by atoms with E-state index >= 15 is 0 Å². The van der Waals surface area contributed by atoms with Crippen LogP contribution in [0, 0.1) is 0 Å². The fourth-order valence-electron chi connectivity index (χ4n) is 0.801. The molecule has 0 radical (unpaired) electrons. The van der Waals surface area contributed by atoms with Crippen LogP contribution in [-0.2, 0) is 4.79 Å². The molecule has 11 heavy (non-hydrogen) atoms. The molecule has 0 fully saturated rings. The molecule has 0 aromatic carbocycles. The van der Waals surface area contributed by atoms with E-state index in [2.05, 4.69) is 6.92 Å². The van der Waals surface area contributed by atoms with E-state index in [1.807, 2.05) is 6.29 Å². The minimum atomic E-state index is 0. The van der Waals surface area contributed by atoms with E-state index in [1.54, 1.807) is 0 Å². The average molecular weight is 174 g/mol. The number of unbranched alkanes of at least 4 members (excludes halogenated alkanes) is 5. The fraction of sp³-hybridized carbons (Fsp3) is 0.875.